The van der Waals surface area contributed by atoms with Gasteiger partial charge in [0.1, 0.15) is 5.84 Å². The fourth-order valence-electron chi connectivity index (χ4n) is 3.47. The maximum absolute atomic E-state index is 13.5. The van der Waals surface area contributed by atoms with Crippen molar-refractivity contribution >= 4 is 28.5 Å². The number of carbonyl (C=O) groups excluding carboxylic acids is 1. The number of carbonyl (C=O) groups is 1. The molecule has 0 aliphatic carbocycles. The molecule has 0 spiro atoms. The molecule has 0 bridgehead atoms. The van der Waals surface area contributed by atoms with Gasteiger partial charge in [0.15, 0.2) is 5.82 Å². The number of nitrogens with zero attached hydrogens (tertiary/aromatic N) is 5. The average molecular weight is 410 g/mol. The molecule has 0 radical (unpaired) electrons. The zero-order chi connectivity index (χ0) is 21.3. The Hall–Kier alpha value is -3.62. The number of benzene rings is 1. The first-order valence-corrected chi connectivity index (χ1v) is 9.41. The third kappa shape index (κ3) is 3.78. The van der Waals surface area contributed by atoms with Crippen molar-refractivity contribution in [2.24, 2.45) is 10.7 Å². The van der Waals surface area contributed by atoms with Gasteiger partial charge < -0.3 is 10.6 Å². The standard InChI is InChI=1S/C21H20F2N6O/c1-13(29-17-5-3-2-4-16(17)27-20(29)19(22)23)10-18(24)26-15-11-28(12-15)21(30)14-6-8-25-9-7-14/h2-10,15,19H,11-12H2,1H3,(H2,24,26)/b13-10+. The number of amides is 1. The van der Waals surface area contributed by atoms with E-state index in [9.17, 15) is 13.6 Å². The van der Waals surface area contributed by atoms with Crippen LogP contribution in [-0.4, -0.2) is 50.3 Å². The van der Waals surface area contributed by atoms with Crippen LogP contribution in [0.25, 0.3) is 16.7 Å². The number of nitrogens with two attached hydrogens (primary N) is 1. The number of likely N-dealkylation sites (tertiary alicyclic amines) is 1. The Labute approximate surface area is 171 Å². The minimum absolute atomic E-state index is 0.0828. The minimum Gasteiger partial charge on any atom is -0.384 e. The summed E-state index contributed by atoms with van der Waals surface area (Å²) in [5.74, 6) is -0.206. The van der Waals surface area contributed by atoms with E-state index in [0.29, 0.717) is 35.4 Å². The van der Waals surface area contributed by atoms with E-state index in [1.54, 1.807) is 66.7 Å². The Morgan fingerprint density at radius 1 is 1.23 bits per heavy atom. The highest BCUT2D eigenvalue weighted by Gasteiger charge is 2.31. The molecule has 1 aliphatic rings. The summed E-state index contributed by atoms with van der Waals surface area (Å²) in [6, 6.07) is 10.1. The number of imidazole rings is 1. The molecule has 1 saturated heterocycles. The van der Waals surface area contributed by atoms with E-state index >= 15 is 0 Å². The van der Waals surface area contributed by atoms with Crippen molar-refractivity contribution in [2.45, 2.75) is 19.4 Å². The molecular weight excluding hydrogens is 390 g/mol. The number of para-hydroxylation sites is 2. The number of halogens is 2. The molecule has 0 saturated carbocycles. The van der Waals surface area contributed by atoms with Crippen LogP contribution in [0, 0.1) is 0 Å². The summed E-state index contributed by atoms with van der Waals surface area (Å²) in [4.78, 5) is 26.3. The zero-order valence-corrected chi connectivity index (χ0v) is 16.2. The Kier molecular flexibility index (Phi) is 5.26. The van der Waals surface area contributed by atoms with Gasteiger partial charge in [0.05, 0.1) is 17.1 Å². The summed E-state index contributed by atoms with van der Waals surface area (Å²) in [5, 5.41) is 0. The topological polar surface area (TPSA) is 89.4 Å². The van der Waals surface area contributed by atoms with E-state index in [4.69, 9.17) is 5.73 Å². The number of pyridine rings is 1. The first-order valence-electron chi connectivity index (χ1n) is 9.41. The van der Waals surface area contributed by atoms with Crippen LogP contribution in [0.3, 0.4) is 0 Å². The summed E-state index contributed by atoms with van der Waals surface area (Å²) < 4.78 is 28.4. The molecule has 0 atom stereocenters. The predicted octanol–water partition coefficient (Wildman–Crippen LogP) is 3.11. The number of aromatic nitrogens is 3. The maximum Gasteiger partial charge on any atom is 0.295 e. The van der Waals surface area contributed by atoms with Crippen molar-refractivity contribution in [1.82, 2.24) is 19.4 Å². The fraction of sp³-hybridized carbons (Fsp3) is 0.238. The van der Waals surface area contributed by atoms with Gasteiger partial charge in [0.25, 0.3) is 12.3 Å². The molecule has 2 aromatic heterocycles. The first kappa shape index (κ1) is 19.7. The van der Waals surface area contributed by atoms with Gasteiger partial charge in [-0.1, -0.05) is 12.1 Å². The Bertz CT molecular complexity index is 1130. The van der Waals surface area contributed by atoms with E-state index < -0.39 is 6.43 Å². The molecule has 30 heavy (non-hydrogen) atoms. The summed E-state index contributed by atoms with van der Waals surface area (Å²) in [5.41, 5.74) is 8.16. The molecule has 1 aromatic carbocycles. The lowest BCUT2D eigenvalue weighted by Gasteiger charge is -2.37. The van der Waals surface area contributed by atoms with Gasteiger partial charge >= 0.3 is 0 Å². The van der Waals surface area contributed by atoms with E-state index in [0.717, 1.165) is 0 Å². The zero-order valence-electron chi connectivity index (χ0n) is 16.2. The predicted molar refractivity (Wildman–Crippen MR) is 110 cm³/mol. The molecule has 3 aromatic rings. The molecule has 4 rings (SSSR count). The molecule has 7 nitrogen and oxygen atoms in total. The Morgan fingerprint density at radius 2 is 1.93 bits per heavy atom. The van der Waals surface area contributed by atoms with E-state index in [2.05, 4.69) is 15.0 Å². The molecular formula is C21H20F2N6O. The lowest BCUT2D eigenvalue weighted by Crippen LogP contribution is -2.53. The number of alkyl halides is 2. The quantitative estimate of drug-likeness (QED) is 0.517. The summed E-state index contributed by atoms with van der Waals surface area (Å²) in [6.45, 7) is 2.58. The van der Waals surface area contributed by atoms with Gasteiger partial charge in [-0.15, -0.1) is 0 Å². The van der Waals surface area contributed by atoms with E-state index in [-0.39, 0.29) is 23.6 Å². The third-order valence-electron chi connectivity index (χ3n) is 4.90. The van der Waals surface area contributed by atoms with Gasteiger partial charge in [0, 0.05) is 36.7 Å². The summed E-state index contributed by atoms with van der Waals surface area (Å²) >= 11 is 0. The molecule has 154 valence electrons. The SMILES string of the molecule is C/C(=C\C(N)=NC1CN(C(=O)c2ccncc2)C1)n1c(C(F)F)nc2ccccc21. The molecule has 2 N–H and O–H groups in total. The van der Waals surface area contributed by atoms with E-state index in [1.165, 1.54) is 4.57 Å². The third-order valence-corrected chi connectivity index (χ3v) is 4.90. The smallest absolute Gasteiger partial charge is 0.295 e. The second kappa shape index (κ2) is 8.02. The average Bonchev–Trinajstić information content (AvgIpc) is 3.10. The molecule has 1 fully saturated rings. The number of aliphatic imine (C=N–C) groups is 1. The number of fused-ring (bicyclic) bond motifs is 1. The van der Waals surface area contributed by atoms with Gasteiger partial charge in [0.2, 0.25) is 0 Å². The van der Waals surface area contributed by atoms with Crippen LogP contribution >= 0.6 is 0 Å². The molecule has 9 heteroatoms. The second-order valence-electron chi connectivity index (χ2n) is 7.03. The monoisotopic (exact) mass is 410 g/mol. The lowest BCUT2D eigenvalue weighted by molar-refractivity contribution is 0.0610. The number of hydrogen-bond donors (Lipinski definition) is 1. The highest BCUT2D eigenvalue weighted by atomic mass is 19.3. The number of amidine groups is 1. The van der Waals surface area contributed by atoms with Crippen LogP contribution in [0.5, 0.6) is 0 Å². The highest BCUT2D eigenvalue weighted by molar-refractivity contribution is 5.97. The molecule has 0 unspecified atom stereocenters. The Morgan fingerprint density at radius 3 is 2.63 bits per heavy atom. The number of hydrogen-bond acceptors (Lipinski definition) is 4. The fourth-order valence-corrected chi connectivity index (χ4v) is 3.47. The summed E-state index contributed by atoms with van der Waals surface area (Å²) in [7, 11) is 0. The van der Waals surface area contributed by atoms with Crippen LogP contribution in [-0.2, 0) is 0 Å². The van der Waals surface area contributed by atoms with Crippen LogP contribution in [0.15, 0.2) is 59.9 Å². The van der Waals surface area contributed by atoms with Crippen molar-refractivity contribution in [3.05, 3.63) is 66.3 Å². The normalized spacial score (nSPS) is 15.7. The second-order valence-corrected chi connectivity index (χ2v) is 7.03. The van der Waals surface area contributed by atoms with Crippen LogP contribution in [0.4, 0.5) is 8.78 Å². The van der Waals surface area contributed by atoms with Gasteiger partial charge in [-0.05, 0) is 37.3 Å². The van der Waals surface area contributed by atoms with E-state index in [1.807, 2.05) is 0 Å². The largest absolute Gasteiger partial charge is 0.384 e. The van der Waals surface area contributed by atoms with Crippen molar-refractivity contribution in [3.63, 3.8) is 0 Å². The first-order chi connectivity index (χ1) is 14.4. The van der Waals surface area contributed by atoms with Crippen molar-refractivity contribution in [3.8, 4) is 0 Å². The maximum atomic E-state index is 13.5. The highest BCUT2D eigenvalue weighted by Crippen LogP contribution is 2.27. The lowest BCUT2D eigenvalue weighted by atomic mass is 10.1. The van der Waals surface area contributed by atoms with Gasteiger partial charge in [-0.3, -0.25) is 19.3 Å². The number of allylic oxidation sites excluding steroid dienone is 1. The van der Waals surface area contributed by atoms with Crippen molar-refractivity contribution in [1.29, 1.82) is 0 Å². The molecule has 3 heterocycles. The Balaban J connectivity index is 1.49. The van der Waals surface area contributed by atoms with Crippen molar-refractivity contribution < 1.29 is 13.6 Å². The minimum atomic E-state index is -2.72. The van der Waals surface area contributed by atoms with Gasteiger partial charge in [-0.25, -0.2) is 13.8 Å². The van der Waals surface area contributed by atoms with Crippen LogP contribution < -0.4 is 5.73 Å². The summed E-state index contributed by atoms with van der Waals surface area (Å²) in [6.07, 6.45) is 1.97. The molecule has 1 amide bonds. The number of rotatable bonds is 5. The van der Waals surface area contributed by atoms with Crippen LogP contribution in [0.1, 0.15) is 29.5 Å². The van der Waals surface area contributed by atoms with Crippen molar-refractivity contribution in [2.75, 3.05) is 13.1 Å². The van der Waals surface area contributed by atoms with Crippen LogP contribution in [0.2, 0.25) is 0 Å². The molecule has 1 aliphatic heterocycles. The van der Waals surface area contributed by atoms with Gasteiger partial charge in [-0.2, -0.15) is 0 Å².